The molecule has 0 unspecified atom stereocenters. The quantitative estimate of drug-likeness (QED) is 0.614. The summed E-state index contributed by atoms with van der Waals surface area (Å²) in [5, 5.41) is 30.9. The minimum Gasteiger partial charge on any atom is -0.508 e. The third-order valence-corrected chi connectivity index (χ3v) is 4.61. The van der Waals surface area contributed by atoms with Crippen molar-refractivity contribution in [3.63, 3.8) is 0 Å². The lowest BCUT2D eigenvalue weighted by molar-refractivity contribution is -0.384. The minimum absolute atomic E-state index is 0.0485. The molecule has 2 aliphatic rings. The van der Waals surface area contributed by atoms with Crippen molar-refractivity contribution in [1.29, 1.82) is 5.26 Å². The zero-order valence-corrected chi connectivity index (χ0v) is 14.3. The summed E-state index contributed by atoms with van der Waals surface area (Å²) in [7, 11) is 0. The number of nitriles is 1. The molecule has 3 N–H and O–H groups in total. The van der Waals surface area contributed by atoms with E-state index in [9.17, 15) is 25.3 Å². The van der Waals surface area contributed by atoms with Crippen molar-refractivity contribution in [1.82, 2.24) is 0 Å². The van der Waals surface area contributed by atoms with Crippen LogP contribution in [0.5, 0.6) is 5.75 Å². The number of nitrogens with zero attached hydrogens (tertiary/aromatic N) is 2. The molecule has 1 heterocycles. The molecule has 1 aromatic carbocycles. The first-order valence-corrected chi connectivity index (χ1v) is 7.96. The summed E-state index contributed by atoms with van der Waals surface area (Å²) in [5.41, 5.74) is 5.55. The van der Waals surface area contributed by atoms with Gasteiger partial charge in [-0.1, -0.05) is 13.8 Å². The molecule has 0 bridgehead atoms. The Labute approximate surface area is 149 Å². The second-order valence-electron chi connectivity index (χ2n) is 7.20. The van der Waals surface area contributed by atoms with Crippen molar-refractivity contribution in [2.75, 3.05) is 0 Å². The van der Waals surface area contributed by atoms with Crippen LogP contribution in [0.25, 0.3) is 0 Å². The summed E-state index contributed by atoms with van der Waals surface area (Å²) < 4.78 is 5.55. The number of hydrogen-bond donors (Lipinski definition) is 2. The molecule has 0 aromatic heterocycles. The summed E-state index contributed by atoms with van der Waals surface area (Å²) >= 11 is 0. The average Bonchev–Trinajstić information content (AvgIpc) is 2.52. The maximum absolute atomic E-state index is 12.8. The van der Waals surface area contributed by atoms with E-state index in [0.717, 1.165) is 12.1 Å². The Kier molecular flexibility index (Phi) is 3.95. The summed E-state index contributed by atoms with van der Waals surface area (Å²) in [4.78, 5) is 23.3. The highest BCUT2D eigenvalue weighted by atomic mass is 16.6. The van der Waals surface area contributed by atoms with Crippen LogP contribution in [0.1, 0.15) is 38.2 Å². The minimum atomic E-state index is -0.993. The van der Waals surface area contributed by atoms with Crippen LogP contribution in [0.15, 0.2) is 41.0 Å². The zero-order chi connectivity index (χ0) is 19.2. The highest BCUT2D eigenvalue weighted by Gasteiger charge is 2.44. The van der Waals surface area contributed by atoms with Gasteiger partial charge in [-0.2, -0.15) is 5.26 Å². The summed E-state index contributed by atoms with van der Waals surface area (Å²) in [6.45, 7) is 3.83. The van der Waals surface area contributed by atoms with E-state index < -0.39 is 10.8 Å². The van der Waals surface area contributed by atoms with Crippen molar-refractivity contribution in [3.8, 4) is 11.8 Å². The van der Waals surface area contributed by atoms with Crippen molar-refractivity contribution in [3.05, 3.63) is 56.7 Å². The zero-order valence-electron chi connectivity index (χ0n) is 14.3. The van der Waals surface area contributed by atoms with Crippen LogP contribution < -0.4 is 5.73 Å². The molecule has 8 heteroatoms. The number of ether oxygens (including phenoxy) is 1. The van der Waals surface area contributed by atoms with Crippen molar-refractivity contribution in [2.24, 2.45) is 11.1 Å². The number of hydrogen-bond acceptors (Lipinski definition) is 7. The van der Waals surface area contributed by atoms with Gasteiger partial charge in [-0.3, -0.25) is 14.9 Å². The van der Waals surface area contributed by atoms with Crippen LogP contribution in [0.3, 0.4) is 0 Å². The lowest BCUT2D eigenvalue weighted by atomic mass is 9.70. The fourth-order valence-corrected chi connectivity index (χ4v) is 3.48. The van der Waals surface area contributed by atoms with Gasteiger partial charge in [-0.15, -0.1) is 0 Å². The molecule has 134 valence electrons. The molecule has 0 spiro atoms. The molecule has 0 saturated heterocycles. The second-order valence-corrected chi connectivity index (χ2v) is 7.20. The van der Waals surface area contributed by atoms with E-state index in [2.05, 4.69) is 0 Å². The standard InChI is InChI=1S/C18H17N3O5/c1-18(2)6-13(23)16-14(7-18)26-17(20)11(8-19)15(16)10-5-9(21(24)25)3-4-12(10)22/h3-5,15,22H,6-7,20H2,1-2H3/t15-/m0/s1. The van der Waals surface area contributed by atoms with Crippen LogP contribution >= 0.6 is 0 Å². The number of phenolic OH excluding ortho intramolecular Hbond substituents is 1. The second kappa shape index (κ2) is 5.88. The van der Waals surface area contributed by atoms with Crippen LogP contribution in [0, 0.1) is 26.9 Å². The van der Waals surface area contributed by atoms with E-state index in [1.54, 1.807) is 0 Å². The molecule has 1 aliphatic heterocycles. The molecule has 0 saturated carbocycles. The number of rotatable bonds is 2. The number of Topliss-reactive ketones (excluding diaryl/α,β-unsaturated/α-hetero) is 1. The fourth-order valence-electron chi connectivity index (χ4n) is 3.48. The monoisotopic (exact) mass is 355 g/mol. The van der Waals surface area contributed by atoms with Gasteiger partial charge in [-0.05, 0) is 11.5 Å². The Balaban J connectivity index is 2.25. The molecule has 8 nitrogen and oxygen atoms in total. The molecule has 1 atom stereocenters. The normalized spacial score (nSPS) is 21.7. The van der Waals surface area contributed by atoms with Gasteiger partial charge in [0, 0.05) is 36.1 Å². The lowest BCUT2D eigenvalue weighted by Gasteiger charge is -2.37. The van der Waals surface area contributed by atoms with E-state index in [4.69, 9.17) is 10.5 Å². The van der Waals surface area contributed by atoms with Crippen LogP contribution in [0.2, 0.25) is 0 Å². The topological polar surface area (TPSA) is 139 Å². The number of aromatic hydroxyl groups is 1. The molecule has 0 fully saturated rings. The number of nitrogens with two attached hydrogens (primary N) is 1. The van der Waals surface area contributed by atoms with Gasteiger partial charge in [0.2, 0.25) is 5.88 Å². The van der Waals surface area contributed by atoms with E-state index in [1.807, 2.05) is 19.9 Å². The van der Waals surface area contributed by atoms with Gasteiger partial charge < -0.3 is 15.6 Å². The largest absolute Gasteiger partial charge is 0.508 e. The van der Waals surface area contributed by atoms with Gasteiger partial charge >= 0.3 is 0 Å². The number of nitro groups is 1. The maximum atomic E-state index is 12.8. The first-order valence-electron chi connectivity index (χ1n) is 7.96. The van der Waals surface area contributed by atoms with E-state index in [-0.39, 0.29) is 51.6 Å². The predicted molar refractivity (Wildman–Crippen MR) is 90.5 cm³/mol. The number of nitro benzene ring substituents is 1. The molecule has 1 aromatic rings. The van der Waals surface area contributed by atoms with Crippen LogP contribution in [-0.4, -0.2) is 15.8 Å². The lowest BCUT2D eigenvalue weighted by Crippen LogP contribution is -2.33. The first-order chi connectivity index (χ1) is 12.1. The number of ketones is 1. The van der Waals surface area contributed by atoms with Crippen LogP contribution in [0.4, 0.5) is 5.69 Å². The molecule has 26 heavy (non-hydrogen) atoms. The molecular weight excluding hydrogens is 338 g/mol. The molecule has 3 rings (SSSR count). The van der Waals surface area contributed by atoms with Gasteiger partial charge in [0.25, 0.3) is 5.69 Å². The smallest absolute Gasteiger partial charge is 0.270 e. The Morgan fingerprint density at radius 3 is 2.73 bits per heavy atom. The van der Waals surface area contributed by atoms with Gasteiger partial charge in [0.1, 0.15) is 23.2 Å². The molecule has 1 aliphatic carbocycles. The van der Waals surface area contributed by atoms with Crippen molar-refractivity contribution in [2.45, 2.75) is 32.6 Å². The van der Waals surface area contributed by atoms with E-state index in [1.165, 1.54) is 6.07 Å². The number of allylic oxidation sites excluding steroid dienone is 3. The molecule has 0 amide bonds. The number of carbonyl (C=O) groups is 1. The molecule has 0 radical (unpaired) electrons. The Bertz CT molecular complexity index is 937. The summed E-state index contributed by atoms with van der Waals surface area (Å²) in [6, 6.07) is 5.40. The maximum Gasteiger partial charge on any atom is 0.270 e. The number of non-ortho nitro benzene ring substituents is 1. The Morgan fingerprint density at radius 2 is 2.12 bits per heavy atom. The van der Waals surface area contributed by atoms with Gasteiger partial charge in [-0.25, -0.2) is 0 Å². The van der Waals surface area contributed by atoms with Gasteiger partial charge in [0.15, 0.2) is 5.78 Å². The third-order valence-electron chi connectivity index (χ3n) is 4.61. The SMILES string of the molecule is CC1(C)CC(=O)C2=C(C1)OC(N)=C(C#N)[C@@H]2c1cc([N+](=O)[O-])ccc1O. The Morgan fingerprint density at radius 1 is 1.42 bits per heavy atom. The first kappa shape index (κ1) is 17.5. The van der Waals surface area contributed by atoms with E-state index in [0.29, 0.717) is 12.2 Å². The highest BCUT2D eigenvalue weighted by Crippen LogP contribution is 2.49. The Hall–Kier alpha value is -3.34. The summed E-state index contributed by atoms with van der Waals surface area (Å²) in [6.07, 6.45) is 0.666. The summed E-state index contributed by atoms with van der Waals surface area (Å²) in [5.74, 6) is -1.29. The average molecular weight is 355 g/mol. The number of phenols is 1. The number of carbonyl (C=O) groups excluding carboxylic acids is 1. The van der Waals surface area contributed by atoms with Crippen molar-refractivity contribution >= 4 is 11.5 Å². The van der Waals surface area contributed by atoms with Crippen LogP contribution in [-0.2, 0) is 9.53 Å². The van der Waals surface area contributed by atoms with E-state index >= 15 is 0 Å². The molecular formula is C18H17N3O5. The highest BCUT2D eigenvalue weighted by molar-refractivity contribution is 6.00. The number of benzene rings is 1. The van der Waals surface area contributed by atoms with Gasteiger partial charge in [0.05, 0.1) is 10.8 Å². The fraction of sp³-hybridized carbons (Fsp3) is 0.333. The third kappa shape index (κ3) is 2.77. The van der Waals surface area contributed by atoms with Crippen molar-refractivity contribution < 1.29 is 19.6 Å². The predicted octanol–water partition coefficient (Wildman–Crippen LogP) is 2.75.